The van der Waals surface area contributed by atoms with Crippen molar-refractivity contribution >= 4 is 19.7 Å². The Kier molecular flexibility index (Phi) is 1.63. The number of hydrogen-bond donors (Lipinski definition) is 0. The second-order valence-corrected chi connectivity index (χ2v) is 1.85. The van der Waals surface area contributed by atoms with Gasteiger partial charge in [0.1, 0.15) is 6.29 Å². The minimum atomic E-state index is 0.683. The van der Waals surface area contributed by atoms with Crippen LogP contribution in [0.3, 0.4) is 0 Å². The largest absolute Gasteiger partial charge is 0.298 e. The molecule has 0 radical (unpaired) electrons. The van der Waals surface area contributed by atoms with Gasteiger partial charge in [0.15, 0.2) is 7.85 Å². The third kappa shape index (κ3) is 1.39. The normalized spacial score (nSPS) is 8.89. The predicted octanol–water partition coefficient (Wildman–Crippen LogP) is -0.848. The molecule has 3 heteroatoms. The summed E-state index contributed by atoms with van der Waals surface area (Å²) in [5.74, 6) is 0. The van der Waals surface area contributed by atoms with Crippen molar-refractivity contribution in [3.63, 3.8) is 0 Å². The van der Waals surface area contributed by atoms with Crippen LogP contribution in [-0.4, -0.2) is 19.1 Å². The molecular formula is C6H6BNO. The summed E-state index contributed by atoms with van der Waals surface area (Å²) in [6, 6.07) is 3.42. The maximum absolute atomic E-state index is 10.1. The van der Waals surface area contributed by atoms with E-state index in [0.717, 1.165) is 11.9 Å². The maximum Gasteiger partial charge on any atom is 0.163 e. The van der Waals surface area contributed by atoms with Crippen LogP contribution < -0.4 is 5.59 Å². The molecule has 1 rings (SSSR count). The lowest BCUT2D eigenvalue weighted by atomic mass is 10.0. The second-order valence-electron chi connectivity index (χ2n) is 1.85. The molecule has 0 unspecified atom stereocenters. The molecule has 9 heavy (non-hydrogen) atoms. The van der Waals surface area contributed by atoms with E-state index in [4.69, 9.17) is 0 Å². The quantitative estimate of drug-likeness (QED) is 0.356. The number of hydrogen-bond acceptors (Lipinski definition) is 2. The summed E-state index contributed by atoms with van der Waals surface area (Å²) in [7, 11) is 1.85. The third-order valence-electron chi connectivity index (χ3n) is 1.06. The maximum atomic E-state index is 10.1. The molecule has 2 nitrogen and oxygen atoms in total. The molecule has 0 spiro atoms. The van der Waals surface area contributed by atoms with Gasteiger partial charge in [0.25, 0.3) is 0 Å². The second kappa shape index (κ2) is 2.44. The van der Waals surface area contributed by atoms with Crippen molar-refractivity contribution in [1.82, 2.24) is 4.98 Å². The van der Waals surface area contributed by atoms with Gasteiger partial charge >= 0.3 is 0 Å². The van der Waals surface area contributed by atoms with Crippen LogP contribution in [0.1, 0.15) is 10.4 Å². The van der Waals surface area contributed by atoms with Crippen molar-refractivity contribution in [1.29, 1.82) is 0 Å². The van der Waals surface area contributed by atoms with E-state index in [1.54, 1.807) is 18.3 Å². The zero-order valence-electron chi connectivity index (χ0n) is 5.16. The number of aldehydes is 1. The molecule has 0 aliphatic heterocycles. The molecule has 0 atom stereocenters. The molecule has 0 amide bonds. The first kappa shape index (κ1) is 6.01. The first-order valence-corrected chi connectivity index (χ1v) is 2.71. The Morgan fingerprint density at radius 2 is 2.44 bits per heavy atom. The molecule has 0 saturated carbocycles. The third-order valence-corrected chi connectivity index (χ3v) is 1.06. The predicted molar refractivity (Wildman–Crippen MR) is 37.8 cm³/mol. The molecule has 1 aromatic heterocycles. The van der Waals surface area contributed by atoms with Crippen molar-refractivity contribution in [3.05, 3.63) is 23.9 Å². The SMILES string of the molecule is Bc1cc(C=O)ccn1. The number of nitrogens with zero attached hydrogens (tertiary/aromatic N) is 1. The summed E-state index contributed by atoms with van der Waals surface area (Å²) in [5, 5.41) is 0. The number of aromatic nitrogens is 1. The Morgan fingerprint density at radius 3 is 2.89 bits per heavy atom. The molecule has 0 aliphatic rings. The van der Waals surface area contributed by atoms with E-state index in [2.05, 4.69) is 4.98 Å². The van der Waals surface area contributed by atoms with Crippen LogP contribution in [-0.2, 0) is 0 Å². The zero-order valence-corrected chi connectivity index (χ0v) is 5.16. The van der Waals surface area contributed by atoms with Crippen LogP contribution >= 0.6 is 0 Å². The van der Waals surface area contributed by atoms with Gasteiger partial charge in [0.05, 0.1) is 0 Å². The monoisotopic (exact) mass is 119 g/mol. The topological polar surface area (TPSA) is 30.0 Å². The highest BCUT2D eigenvalue weighted by molar-refractivity contribution is 6.30. The Balaban J connectivity index is 3.07. The van der Waals surface area contributed by atoms with Crippen molar-refractivity contribution in [2.45, 2.75) is 0 Å². The number of carbonyl (C=O) groups excluding carboxylic acids is 1. The minimum absolute atomic E-state index is 0.683. The van der Waals surface area contributed by atoms with Gasteiger partial charge < -0.3 is 0 Å². The minimum Gasteiger partial charge on any atom is -0.298 e. The number of rotatable bonds is 1. The van der Waals surface area contributed by atoms with E-state index in [9.17, 15) is 4.79 Å². The van der Waals surface area contributed by atoms with Crippen molar-refractivity contribution in [2.24, 2.45) is 0 Å². The van der Waals surface area contributed by atoms with Crippen LogP contribution in [0.15, 0.2) is 18.3 Å². The summed E-state index contributed by atoms with van der Waals surface area (Å²) in [5.41, 5.74) is 1.56. The Morgan fingerprint density at radius 1 is 1.67 bits per heavy atom. The molecule has 0 bridgehead atoms. The summed E-state index contributed by atoms with van der Waals surface area (Å²) in [4.78, 5) is 14.1. The zero-order chi connectivity index (χ0) is 6.69. The smallest absolute Gasteiger partial charge is 0.163 e. The lowest BCUT2D eigenvalue weighted by Gasteiger charge is -1.89. The van der Waals surface area contributed by atoms with Crippen LogP contribution in [0.2, 0.25) is 0 Å². The molecule has 0 fully saturated rings. The first-order valence-electron chi connectivity index (χ1n) is 2.71. The number of pyridine rings is 1. The standard InChI is InChI=1S/C6H6BNO/c7-6-3-5(4-9)1-2-8-6/h1-4H,7H2. The van der Waals surface area contributed by atoms with E-state index in [-0.39, 0.29) is 0 Å². The van der Waals surface area contributed by atoms with E-state index < -0.39 is 0 Å². The summed E-state index contributed by atoms with van der Waals surface area (Å²) in [6.45, 7) is 0. The molecular weight excluding hydrogens is 113 g/mol. The molecule has 0 aliphatic carbocycles. The molecule has 0 N–H and O–H groups in total. The summed E-state index contributed by atoms with van der Waals surface area (Å²) >= 11 is 0. The number of carbonyl (C=O) groups is 1. The fourth-order valence-corrected chi connectivity index (χ4v) is 0.641. The van der Waals surface area contributed by atoms with Gasteiger partial charge in [-0.3, -0.25) is 9.78 Å². The summed E-state index contributed by atoms with van der Waals surface area (Å²) < 4.78 is 0. The average molecular weight is 119 g/mol. The highest BCUT2D eigenvalue weighted by Gasteiger charge is 1.87. The fourth-order valence-electron chi connectivity index (χ4n) is 0.641. The Hall–Kier alpha value is -1.12. The van der Waals surface area contributed by atoms with E-state index in [1.807, 2.05) is 7.85 Å². The molecule has 44 valence electrons. The van der Waals surface area contributed by atoms with Crippen LogP contribution in [0.25, 0.3) is 0 Å². The van der Waals surface area contributed by atoms with E-state index >= 15 is 0 Å². The molecule has 1 aromatic rings. The van der Waals surface area contributed by atoms with Gasteiger partial charge in [-0.25, -0.2) is 0 Å². The lowest BCUT2D eigenvalue weighted by molar-refractivity contribution is 0.112. The highest BCUT2D eigenvalue weighted by atomic mass is 16.1. The van der Waals surface area contributed by atoms with Gasteiger partial charge in [-0.15, -0.1) is 0 Å². The summed E-state index contributed by atoms with van der Waals surface area (Å²) in [6.07, 6.45) is 2.44. The Bertz CT molecular complexity index is 224. The highest BCUT2D eigenvalue weighted by Crippen LogP contribution is 1.86. The van der Waals surface area contributed by atoms with Gasteiger partial charge in [0, 0.05) is 11.8 Å². The van der Waals surface area contributed by atoms with Crippen molar-refractivity contribution in [2.75, 3.05) is 0 Å². The van der Waals surface area contributed by atoms with Gasteiger partial charge in [-0.1, -0.05) is 0 Å². The van der Waals surface area contributed by atoms with Gasteiger partial charge in [-0.2, -0.15) is 0 Å². The van der Waals surface area contributed by atoms with Crippen molar-refractivity contribution in [3.8, 4) is 0 Å². The Labute approximate surface area is 54.3 Å². The van der Waals surface area contributed by atoms with Gasteiger partial charge in [-0.05, 0) is 17.7 Å². The average Bonchev–Trinajstić information content (AvgIpc) is 1.88. The first-order chi connectivity index (χ1) is 4.33. The van der Waals surface area contributed by atoms with E-state index in [0.29, 0.717) is 5.56 Å². The van der Waals surface area contributed by atoms with Crippen molar-refractivity contribution < 1.29 is 4.79 Å². The molecule has 0 aromatic carbocycles. The fraction of sp³-hybridized carbons (Fsp3) is 0. The lowest BCUT2D eigenvalue weighted by Crippen LogP contribution is -2.07. The van der Waals surface area contributed by atoms with Crippen LogP contribution in [0.4, 0.5) is 0 Å². The van der Waals surface area contributed by atoms with E-state index in [1.165, 1.54) is 0 Å². The van der Waals surface area contributed by atoms with Gasteiger partial charge in [0.2, 0.25) is 0 Å². The van der Waals surface area contributed by atoms with Crippen LogP contribution in [0.5, 0.6) is 0 Å². The van der Waals surface area contributed by atoms with Crippen LogP contribution in [0, 0.1) is 0 Å². The molecule has 1 heterocycles. The molecule has 0 saturated heterocycles.